The van der Waals surface area contributed by atoms with Gasteiger partial charge >= 0.3 is 0 Å². The van der Waals surface area contributed by atoms with Gasteiger partial charge in [-0.25, -0.2) is 0 Å². The number of para-hydroxylation sites is 1. The van der Waals surface area contributed by atoms with E-state index in [0.29, 0.717) is 22.7 Å². The lowest BCUT2D eigenvalue weighted by molar-refractivity contribution is -0.132. The van der Waals surface area contributed by atoms with E-state index in [2.05, 4.69) is 11.9 Å². The van der Waals surface area contributed by atoms with Crippen LogP contribution < -0.4 is 14.4 Å². The van der Waals surface area contributed by atoms with Crippen LogP contribution in [0.5, 0.6) is 11.5 Å². The average molecular weight is 497 g/mol. The second kappa shape index (κ2) is 9.50. The third kappa shape index (κ3) is 3.93. The summed E-state index contributed by atoms with van der Waals surface area (Å²) in [5.74, 6) is -0.906. The van der Waals surface area contributed by atoms with Gasteiger partial charge in [0, 0.05) is 33.9 Å². The van der Waals surface area contributed by atoms with Crippen molar-refractivity contribution in [2.45, 2.75) is 26.3 Å². The highest BCUT2D eigenvalue weighted by atomic mass is 16.5. The number of aryl methyl sites for hydroxylation is 2. The summed E-state index contributed by atoms with van der Waals surface area (Å²) >= 11 is 0. The minimum absolute atomic E-state index is 0.000822. The van der Waals surface area contributed by atoms with Gasteiger partial charge in [0.05, 0.1) is 31.4 Å². The first-order valence-corrected chi connectivity index (χ1v) is 12.1. The van der Waals surface area contributed by atoms with Crippen LogP contribution in [0.4, 0.5) is 5.69 Å². The average Bonchev–Trinajstić information content (AvgIpc) is 3.39. The molecule has 0 aliphatic carbocycles. The van der Waals surface area contributed by atoms with Gasteiger partial charge in [-0.2, -0.15) is 0 Å². The highest BCUT2D eigenvalue weighted by Gasteiger charge is 2.48. The number of aliphatic hydroxyl groups is 1. The molecule has 5 rings (SSSR count). The molecule has 7 heteroatoms. The van der Waals surface area contributed by atoms with Crippen LogP contribution in [0, 0.1) is 6.92 Å². The summed E-state index contributed by atoms with van der Waals surface area (Å²) in [4.78, 5) is 32.0. The quantitative estimate of drug-likeness (QED) is 0.204. The number of nitrogens with zero attached hydrogens (tertiary/aromatic N) is 1. The van der Waals surface area contributed by atoms with Crippen LogP contribution in [0.15, 0.2) is 72.3 Å². The van der Waals surface area contributed by atoms with Gasteiger partial charge in [0.15, 0.2) is 0 Å². The number of ether oxygens (including phenoxy) is 2. The summed E-state index contributed by atoms with van der Waals surface area (Å²) in [5, 5.41) is 12.5. The number of H-pyrrole nitrogens is 1. The lowest BCUT2D eigenvalue weighted by Crippen LogP contribution is -2.29. The molecule has 1 amide bonds. The smallest absolute Gasteiger partial charge is 0.300 e. The summed E-state index contributed by atoms with van der Waals surface area (Å²) in [7, 11) is 3.00. The van der Waals surface area contributed by atoms with Crippen LogP contribution in [0.25, 0.3) is 16.7 Å². The SMILES string of the molecule is CCc1ccc(N2C(=O)C(=O)/C(=C(/O)c3ccc(OC)cc3OC)C2c2c(C)[nH]c3ccccc23)cc1. The van der Waals surface area contributed by atoms with Crippen molar-refractivity contribution < 1.29 is 24.2 Å². The summed E-state index contributed by atoms with van der Waals surface area (Å²) in [5.41, 5.74) is 4.42. The van der Waals surface area contributed by atoms with Crippen LogP contribution in [0.1, 0.15) is 35.3 Å². The van der Waals surface area contributed by atoms with E-state index in [4.69, 9.17) is 9.47 Å². The number of hydrogen-bond donors (Lipinski definition) is 2. The number of amides is 1. The maximum Gasteiger partial charge on any atom is 0.300 e. The fourth-order valence-electron chi connectivity index (χ4n) is 5.05. The highest BCUT2D eigenvalue weighted by Crippen LogP contribution is 2.46. The van der Waals surface area contributed by atoms with Crippen molar-refractivity contribution in [3.8, 4) is 11.5 Å². The van der Waals surface area contributed by atoms with E-state index in [0.717, 1.165) is 34.1 Å². The van der Waals surface area contributed by atoms with E-state index in [-0.39, 0.29) is 11.3 Å². The molecule has 37 heavy (non-hydrogen) atoms. The van der Waals surface area contributed by atoms with Crippen LogP contribution in [-0.2, 0) is 16.0 Å². The molecule has 0 saturated carbocycles. The Hall–Kier alpha value is -4.52. The molecule has 1 aliphatic rings. The van der Waals surface area contributed by atoms with Crippen LogP contribution in [0.2, 0.25) is 0 Å². The van der Waals surface area contributed by atoms with Crippen molar-refractivity contribution in [1.82, 2.24) is 4.98 Å². The molecule has 7 nitrogen and oxygen atoms in total. The van der Waals surface area contributed by atoms with Gasteiger partial charge in [0.2, 0.25) is 0 Å². The molecule has 0 bridgehead atoms. The van der Waals surface area contributed by atoms with Crippen molar-refractivity contribution in [2.75, 3.05) is 19.1 Å². The Morgan fingerprint density at radius 3 is 2.41 bits per heavy atom. The largest absolute Gasteiger partial charge is 0.507 e. The first-order chi connectivity index (χ1) is 17.9. The fourth-order valence-corrected chi connectivity index (χ4v) is 5.05. The summed E-state index contributed by atoms with van der Waals surface area (Å²) in [6.45, 7) is 3.96. The molecule has 1 unspecified atom stereocenters. The molecule has 0 radical (unpaired) electrons. The van der Waals surface area contributed by atoms with E-state index >= 15 is 0 Å². The van der Waals surface area contributed by atoms with E-state index in [9.17, 15) is 14.7 Å². The van der Waals surface area contributed by atoms with Gasteiger partial charge < -0.3 is 19.6 Å². The Labute approximate surface area is 214 Å². The number of carbonyl (C=O) groups is 2. The second-order valence-electron chi connectivity index (χ2n) is 8.96. The number of carbonyl (C=O) groups excluding carboxylic acids is 2. The van der Waals surface area contributed by atoms with E-state index in [1.807, 2.05) is 55.5 Å². The number of fused-ring (bicyclic) bond motifs is 1. The van der Waals surface area contributed by atoms with Crippen LogP contribution in [0.3, 0.4) is 0 Å². The molecule has 1 fully saturated rings. The number of rotatable bonds is 6. The number of hydrogen-bond acceptors (Lipinski definition) is 5. The number of aliphatic hydroxyl groups excluding tert-OH is 1. The first kappa shape index (κ1) is 24.2. The number of aromatic amines is 1. The zero-order valence-corrected chi connectivity index (χ0v) is 21.2. The lowest BCUT2D eigenvalue weighted by atomic mass is 9.93. The van der Waals surface area contributed by atoms with Gasteiger partial charge in [0.25, 0.3) is 11.7 Å². The van der Waals surface area contributed by atoms with Gasteiger partial charge in [-0.1, -0.05) is 37.3 Å². The number of aromatic nitrogens is 1. The second-order valence-corrected chi connectivity index (χ2v) is 8.96. The molecule has 1 aromatic heterocycles. The summed E-state index contributed by atoms with van der Waals surface area (Å²) in [6, 6.07) is 19.4. The highest BCUT2D eigenvalue weighted by molar-refractivity contribution is 6.52. The molecule has 1 saturated heterocycles. The molecule has 2 N–H and O–H groups in total. The number of methoxy groups -OCH3 is 2. The zero-order chi connectivity index (χ0) is 26.3. The molecule has 0 spiro atoms. The monoisotopic (exact) mass is 496 g/mol. The Balaban J connectivity index is 1.80. The topological polar surface area (TPSA) is 91.9 Å². The Morgan fingerprint density at radius 2 is 1.73 bits per heavy atom. The van der Waals surface area contributed by atoms with Gasteiger partial charge in [-0.05, 0) is 49.2 Å². The van der Waals surface area contributed by atoms with Crippen molar-refractivity contribution in [3.63, 3.8) is 0 Å². The van der Waals surface area contributed by atoms with Gasteiger partial charge in [-0.3, -0.25) is 14.5 Å². The maximum absolute atomic E-state index is 13.6. The Bertz CT molecular complexity index is 1550. The van der Waals surface area contributed by atoms with Crippen molar-refractivity contribution in [1.29, 1.82) is 0 Å². The minimum atomic E-state index is -0.851. The normalized spacial score (nSPS) is 17.0. The Morgan fingerprint density at radius 1 is 1.00 bits per heavy atom. The van der Waals surface area contributed by atoms with E-state index in [1.165, 1.54) is 19.1 Å². The zero-order valence-electron chi connectivity index (χ0n) is 21.2. The molecule has 1 aliphatic heterocycles. The number of nitrogens with one attached hydrogen (secondary N) is 1. The first-order valence-electron chi connectivity index (χ1n) is 12.1. The van der Waals surface area contributed by atoms with E-state index in [1.54, 1.807) is 18.2 Å². The van der Waals surface area contributed by atoms with Gasteiger partial charge in [-0.15, -0.1) is 0 Å². The van der Waals surface area contributed by atoms with Crippen molar-refractivity contribution >= 4 is 34.0 Å². The molecule has 3 aromatic carbocycles. The molecular weight excluding hydrogens is 468 g/mol. The predicted octanol–water partition coefficient (Wildman–Crippen LogP) is 5.68. The molecule has 188 valence electrons. The minimum Gasteiger partial charge on any atom is -0.507 e. The third-order valence-corrected chi connectivity index (χ3v) is 6.95. The van der Waals surface area contributed by atoms with Gasteiger partial charge in [0.1, 0.15) is 17.3 Å². The number of anilines is 1. The van der Waals surface area contributed by atoms with Crippen molar-refractivity contribution in [3.05, 3.63) is 94.7 Å². The molecular formula is C30H28N2O5. The fraction of sp³-hybridized carbons (Fsp3) is 0.200. The van der Waals surface area contributed by atoms with Crippen LogP contribution in [-0.4, -0.2) is 36.0 Å². The van der Waals surface area contributed by atoms with Crippen molar-refractivity contribution in [2.24, 2.45) is 0 Å². The number of Topliss-reactive ketones (excluding diaryl/α,β-unsaturated/α-hetero) is 1. The number of ketones is 1. The molecule has 1 atom stereocenters. The molecule has 2 heterocycles. The maximum atomic E-state index is 13.6. The van der Waals surface area contributed by atoms with Crippen LogP contribution >= 0.6 is 0 Å². The summed E-state index contributed by atoms with van der Waals surface area (Å²) < 4.78 is 10.8. The standard InChI is InChI=1S/C30H28N2O5/c1-5-18-10-12-19(13-11-18)32-27(25-17(2)31-23-9-7-6-8-21(23)25)26(29(34)30(32)35)28(33)22-15-14-20(36-3)16-24(22)37-4/h6-16,27,31,33H,5H2,1-4H3/b28-26+. The molecule has 4 aromatic rings. The third-order valence-electron chi connectivity index (χ3n) is 6.95. The predicted molar refractivity (Wildman–Crippen MR) is 143 cm³/mol. The number of benzene rings is 3. The van der Waals surface area contributed by atoms with E-state index < -0.39 is 17.7 Å². The summed E-state index contributed by atoms with van der Waals surface area (Å²) in [6.07, 6.45) is 0.849. The lowest BCUT2D eigenvalue weighted by Gasteiger charge is -2.26. The Kier molecular flexibility index (Phi) is 6.21.